The maximum Gasteiger partial charge on any atom is 0.133 e. The van der Waals surface area contributed by atoms with Crippen LogP contribution in [0.2, 0.25) is 0 Å². The van der Waals surface area contributed by atoms with Gasteiger partial charge in [0.1, 0.15) is 5.75 Å². The van der Waals surface area contributed by atoms with Crippen molar-refractivity contribution in [3.8, 4) is 11.8 Å². The van der Waals surface area contributed by atoms with Crippen molar-refractivity contribution >= 4 is 15.9 Å². The van der Waals surface area contributed by atoms with Crippen LogP contribution in [-0.4, -0.2) is 25.6 Å². The lowest BCUT2D eigenvalue weighted by molar-refractivity contribution is 0.303. The summed E-state index contributed by atoms with van der Waals surface area (Å²) in [5, 5.41) is 8.76. The molecule has 0 saturated carbocycles. The van der Waals surface area contributed by atoms with Crippen LogP contribution in [0.4, 0.5) is 0 Å². The normalized spacial score (nSPS) is 12.2. The van der Waals surface area contributed by atoms with Crippen molar-refractivity contribution in [2.24, 2.45) is 5.92 Å². The molecule has 0 fully saturated rings. The number of hydrogen-bond acceptors (Lipinski definition) is 3. The minimum absolute atomic E-state index is 0.0571. The van der Waals surface area contributed by atoms with Crippen LogP contribution in [0.25, 0.3) is 0 Å². The van der Waals surface area contributed by atoms with Crippen molar-refractivity contribution in [2.75, 3.05) is 20.7 Å². The number of rotatable bonds is 5. The van der Waals surface area contributed by atoms with Gasteiger partial charge >= 0.3 is 0 Å². The van der Waals surface area contributed by atoms with Crippen LogP contribution in [0.3, 0.4) is 0 Å². The van der Waals surface area contributed by atoms with E-state index in [1.165, 1.54) is 5.56 Å². The molecule has 0 aromatic heterocycles. The molecule has 0 aliphatic heterocycles. The lowest BCUT2D eigenvalue weighted by atomic mass is 10.1. The minimum atomic E-state index is 0.0571. The van der Waals surface area contributed by atoms with Crippen LogP contribution in [0.1, 0.15) is 12.5 Å². The van der Waals surface area contributed by atoms with Crippen LogP contribution in [-0.2, 0) is 6.54 Å². The Labute approximate surface area is 111 Å². The van der Waals surface area contributed by atoms with Gasteiger partial charge in [-0.05, 0) is 47.6 Å². The zero-order valence-electron chi connectivity index (χ0n) is 10.4. The number of nitriles is 1. The lowest BCUT2D eigenvalue weighted by Gasteiger charge is -2.18. The van der Waals surface area contributed by atoms with E-state index in [4.69, 9.17) is 10.00 Å². The van der Waals surface area contributed by atoms with E-state index in [0.717, 1.165) is 23.3 Å². The molecule has 0 heterocycles. The van der Waals surface area contributed by atoms with E-state index in [2.05, 4.69) is 26.9 Å². The third-order valence-corrected chi connectivity index (χ3v) is 3.09. The molecule has 4 heteroatoms. The summed E-state index contributed by atoms with van der Waals surface area (Å²) in [5.74, 6) is 0.892. The highest BCUT2D eigenvalue weighted by molar-refractivity contribution is 9.10. The maximum atomic E-state index is 8.76. The Morgan fingerprint density at radius 3 is 2.76 bits per heavy atom. The van der Waals surface area contributed by atoms with Crippen molar-refractivity contribution < 1.29 is 4.74 Å². The highest BCUT2D eigenvalue weighted by atomic mass is 79.9. The second-order valence-electron chi connectivity index (χ2n) is 4.20. The average Bonchev–Trinajstić information content (AvgIpc) is 2.29. The Kier molecular flexibility index (Phi) is 5.46. The average molecular weight is 297 g/mol. The summed E-state index contributed by atoms with van der Waals surface area (Å²) in [6, 6.07) is 8.27. The Morgan fingerprint density at radius 1 is 1.53 bits per heavy atom. The van der Waals surface area contributed by atoms with Gasteiger partial charge in [-0.15, -0.1) is 0 Å². The first-order valence-electron chi connectivity index (χ1n) is 5.47. The molecular weight excluding hydrogens is 280 g/mol. The molecule has 0 aliphatic rings. The smallest absolute Gasteiger partial charge is 0.133 e. The van der Waals surface area contributed by atoms with Gasteiger partial charge in [-0.25, -0.2) is 0 Å². The minimum Gasteiger partial charge on any atom is -0.496 e. The second-order valence-corrected chi connectivity index (χ2v) is 5.05. The summed E-state index contributed by atoms with van der Waals surface area (Å²) >= 11 is 3.47. The van der Waals surface area contributed by atoms with Gasteiger partial charge in [0.15, 0.2) is 0 Å². The van der Waals surface area contributed by atoms with Crippen molar-refractivity contribution in [3.63, 3.8) is 0 Å². The third-order valence-electron chi connectivity index (χ3n) is 2.47. The largest absolute Gasteiger partial charge is 0.496 e. The molecule has 0 amide bonds. The molecule has 0 radical (unpaired) electrons. The molecule has 3 nitrogen and oxygen atoms in total. The van der Waals surface area contributed by atoms with Crippen LogP contribution >= 0.6 is 15.9 Å². The van der Waals surface area contributed by atoms with Crippen LogP contribution in [0.15, 0.2) is 22.7 Å². The van der Waals surface area contributed by atoms with E-state index in [-0.39, 0.29) is 5.92 Å². The highest BCUT2D eigenvalue weighted by Gasteiger charge is 2.07. The number of nitrogens with zero attached hydrogens (tertiary/aromatic N) is 2. The van der Waals surface area contributed by atoms with Crippen molar-refractivity contribution in [1.82, 2.24) is 4.90 Å². The molecule has 0 bridgehead atoms. The number of hydrogen-bond donors (Lipinski definition) is 0. The Bertz CT molecular complexity index is 414. The topological polar surface area (TPSA) is 36.3 Å². The first-order valence-corrected chi connectivity index (χ1v) is 6.26. The molecule has 1 atom stereocenters. The SMILES string of the molecule is COc1ccc(CN(C)CC(C)C#N)cc1Br. The predicted octanol–water partition coefficient (Wildman–Crippen LogP) is 3.05. The van der Waals surface area contributed by atoms with Gasteiger partial charge in [-0.3, -0.25) is 0 Å². The molecule has 1 unspecified atom stereocenters. The van der Waals surface area contributed by atoms with E-state index >= 15 is 0 Å². The first-order chi connectivity index (χ1) is 8.06. The molecule has 92 valence electrons. The lowest BCUT2D eigenvalue weighted by Crippen LogP contribution is -2.23. The fourth-order valence-electron chi connectivity index (χ4n) is 1.69. The van der Waals surface area contributed by atoms with Gasteiger partial charge in [0, 0.05) is 13.1 Å². The molecular formula is C13H17BrN2O. The summed E-state index contributed by atoms with van der Waals surface area (Å²) < 4.78 is 6.14. The molecule has 0 aliphatic carbocycles. The molecule has 1 aromatic carbocycles. The molecule has 0 spiro atoms. The molecule has 0 N–H and O–H groups in total. The highest BCUT2D eigenvalue weighted by Crippen LogP contribution is 2.25. The Morgan fingerprint density at radius 2 is 2.24 bits per heavy atom. The Hall–Kier alpha value is -1.05. The van der Waals surface area contributed by atoms with E-state index in [1.807, 2.05) is 32.2 Å². The summed E-state index contributed by atoms with van der Waals surface area (Å²) in [7, 11) is 3.67. The first kappa shape index (κ1) is 14.0. The zero-order chi connectivity index (χ0) is 12.8. The fourth-order valence-corrected chi connectivity index (χ4v) is 2.28. The van der Waals surface area contributed by atoms with Gasteiger partial charge in [0.05, 0.1) is 23.6 Å². The van der Waals surface area contributed by atoms with E-state index in [0.29, 0.717) is 0 Å². The summed E-state index contributed by atoms with van der Waals surface area (Å²) in [5.41, 5.74) is 1.20. The quantitative estimate of drug-likeness (QED) is 0.838. The van der Waals surface area contributed by atoms with E-state index in [1.54, 1.807) is 7.11 Å². The van der Waals surface area contributed by atoms with Crippen molar-refractivity contribution in [1.29, 1.82) is 5.26 Å². The standard InChI is InChI=1S/C13H17BrN2O/c1-10(7-15)8-16(2)9-11-4-5-13(17-3)12(14)6-11/h4-6,10H,8-9H2,1-3H3. The van der Waals surface area contributed by atoms with Crippen LogP contribution in [0.5, 0.6) is 5.75 Å². The molecule has 17 heavy (non-hydrogen) atoms. The Balaban J connectivity index is 2.63. The number of ether oxygens (including phenoxy) is 1. The predicted molar refractivity (Wildman–Crippen MR) is 71.8 cm³/mol. The van der Waals surface area contributed by atoms with Gasteiger partial charge in [0.25, 0.3) is 0 Å². The summed E-state index contributed by atoms with van der Waals surface area (Å²) in [6.45, 7) is 3.54. The van der Waals surface area contributed by atoms with E-state index < -0.39 is 0 Å². The number of benzene rings is 1. The van der Waals surface area contributed by atoms with Gasteiger partial charge in [0.2, 0.25) is 0 Å². The van der Waals surface area contributed by atoms with Crippen LogP contribution in [0, 0.1) is 17.2 Å². The zero-order valence-corrected chi connectivity index (χ0v) is 12.0. The van der Waals surface area contributed by atoms with Crippen molar-refractivity contribution in [3.05, 3.63) is 28.2 Å². The molecule has 1 rings (SSSR count). The second kappa shape index (κ2) is 6.63. The number of methoxy groups -OCH3 is 1. The molecule has 0 saturated heterocycles. The fraction of sp³-hybridized carbons (Fsp3) is 0.462. The third kappa shape index (κ3) is 4.37. The van der Waals surface area contributed by atoms with Crippen LogP contribution < -0.4 is 4.74 Å². The molecule has 1 aromatic rings. The monoisotopic (exact) mass is 296 g/mol. The van der Waals surface area contributed by atoms with Crippen molar-refractivity contribution in [2.45, 2.75) is 13.5 Å². The maximum absolute atomic E-state index is 8.76. The van der Waals surface area contributed by atoms with Gasteiger partial charge in [-0.2, -0.15) is 5.26 Å². The van der Waals surface area contributed by atoms with Gasteiger partial charge < -0.3 is 9.64 Å². The summed E-state index contributed by atoms with van der Waals surface area (Å²) in [6.07, 6.45) is 0. The van der Waals surface area contributed by atoms with E-state index in [9.17, 15) is 0 Å². The summed E-state index contributed by atoms with van der Waals surface area (Å²) in [4.78, 5) is 2.14. The number of halogens is 1. The van der Waals surface area contributed by atoms with Gasteiger partial charge in [-0.1, -0.05) is 6.07 Å².